The Morgan fingerprint density at radius 2 is 1.82 bits per heavy atom. The summed E-state index contributed by atoms with van der Waals surface area (Å²) in [4.78, 5) is 4.40. The van der Waals surface area contributed by atoms with E-state index in [2.05, 4.69) is 10.1 Å². The van der Waals surface area contributed by atoms with Crippen molar-refractivity contribution in [1.29, 1.82) is 0 Å². The average molecular weight is 315 g/mol. The maximum atomic E-state index is 6.14. The lowest BCUT2D eigenvalue weighted by molar-refractivity contribution is 0.379. The Morgan fingerprint density at radius 3 is 2.55 bits per heavy atom. The Morgan fingerprint density at radius 1 is 1.05 bits per heavy atom. The van der Waals surface area contributed by atoms with Crippen LogP contribution < -0.4 is 4.74 Å². The molecule has 0 fully saturated rings. The smallest absolute Gasteiger partial charge is 0.227 e. The van der Waals surface area contributed by atoms with Crippen molar-refractivity contribution in [1.82, 2.24) is 10.1 Å². The van der Waals surface area contributed by atoms with Crippen LogP contribution in [0.2, 0.25) is 5.02 Å². The van der Waals surface area contributed by atoms with Gasteiger partial charge in [-0.15, -0.1) is 0 Å². The summed E-state index contributed by atoms with van der Waals surface area (Å²) in [5.74, 6) is 1.98. The predicted octanol–water partition coefficient (Wildman–Crippen LogP) is 4.18. The summed E-state index contributed by atoms with van der Waals surface area (Å²) >= 11 is 6.14. The van der Waals surface area contributed by atoms with Gasteiger partial charge in [-0.3, -0.25) is 0 Å². The third kappa shape index (κ3) is 3.28. The van der Waals surface area contributed by atoms with Crippen LogP contribution in [0.1, 0.15) is 11.5 Å². The zero-order valence-corrected chi connectivity index (χ0v) is 12.9. The Bertz CT molecular complexity index is 753. The van der Waals surface area contributed by atoms with Crippen molar-refractivity contribution in [3.05, 3.63) is 65.0 Å². The molecule has 5 heteroatoms. The van der Waals surface area contributed by atoms with Gasteiger partial charge >= 0.3 is 0 Å². The number of benzene rings is 2. The number of ether oxygens (including phenoxy) is 1. The van der Waals surface area contributed by atoms with Gasteiger partial charge in [0, 0.05) is 12.0 Å². The van der Waals surface area contributed by atoms with Crippen molar-refractivity contribution < 1.29 is 9.26 Å². The van der Waals surface area contributed by atoms with Crippen LogP contribution in [0.25, 0.3) is 11.4 Å². The van der Waals surface area contributed by atoms with Crippen LogP contribution in [0.15, 0.2) is 53.1 Å². The standard InChI is InChI=1S/C17H15ClN2O2/c1-21-13-9-6-12(7-10-13)8-11-16-19-17(20-22-16)14-4-2-3-5-15(14)18/h2-7,9-10H,8,11H2,1H3. The van der Waals surface area contributed by atoms with Crippen molar-refractivity contribution in [3.8, 4) is 17.1 Å². The fourth-order valence-corrected chi connectivity index (χ4v) is 2.37. The van der Waals surface area contributed by atoms with E-state index in [9.17, 15) is 0 Å². The second-order valence-electron chi connectivity index (χ2n) is 4.84. The summed E-state index contributed by atoms with van der Waals surface area (Å²) in [5, 5.41) is 4.61. The van der Waals surface area contributed by atoms with E-state index in [1.165, 1.54) is 5.56 Å². The number of methoxy groups -OCH3 is 1. The minimum atomic E-state index is 0.523. The molecule has 0 aliphatic rings. The molecule has 3 rings (SSSR count). The summed E-state index contributed by atoms with van der Waals surface area (Å²) in [5.41, 5.74) is 1.97. The third-order valence-corrected chi connectivity index (χ3v) is 3.70. The number of aromatic nitrogens is 2. The first-order valence-corrected chi connectivity index (χ1v) is 7.34. The van der Waals surface area contributed by atoms with Crippen LogP contribution in [-0.2, 0) is 12.8 Å². The van der Waals surface area contributed by atoms with Gasteiger partial charge in [-0.1, -0.05) is 41.0 Å². The van der Waals surface area contributed by atoms with Crippen molar-refractivity contribution >= 4 is 11.6 Å². The molecule has 0 saturated carbocycles. The summed E-state index contributed by atoms with van der Waals surface area (Å²) < 4.78 is 10.4. The second kappa shape index (κ2) is 6.62. The topological polar surface area (TPSA) is 48.2 Å². The van der Waals surface area contributed by atoms with Crippen molar-refractivity contribution in [2.45, 2.75) is 12.8 Å². The van der Waals surface area contributed by atoms with Gasteiger partial charge in [0.1, 0.15) is 5.75 Å². The first kappa shape index (κ1) is 14.6. The van der Waals surface area contributed by atoms with Gasteiger partial charge in [-0.25, -0.2) is 0 Å². The van der Waals surface area contributed by atoms with Crippen LogP contribution in [-0.4, -0.2) is 17.3 Å². The molecule has 22 heavy (non-hydrogen) atoms. The van der Waals surface area contributed by atoms with Crippen LogP contribution in [0.5, 0.6) is 5.75 Å². The quantitative estimate of drug-likeness (QED) is 0.708. The van der Waals surface area contributed by atoms with E-state index in [1.54, 1.807) is 7.11 Å². The molecule has 0 aliphatic carbocycles. The molecule has 3 aromatic rings. The molecule has 0 unspecified atom stereocenters. The summed E-state index contributed by atoms with van der Waals surface area (Å²) in [6.07, 6.45) is 1.51. The minimum absolute atomic E-state index is 0.523. The summed E-state index contributed by atoms with van der Waals surface area (Å²) in [6.45, 7) is 0. The highest BCUT2D eigenvalue weighted by Gasteiger charge is 2.11. The highest BCUT2D eigenvalue weighted by atomic mass is 35.5. The van der Waals surface area contributed by atoms with Crippen LogP contribution in [0, 0.1) is 0 Å². The van der Waals surface area contributed by atoms with Gasteiger partial charge in [0.05, 0.1) is 12.1 Å². The maximum Gasteiger partial charge on any atom is 0.227 e. The van der Waals surface area contributed by atoms with E-state index in [0.717, 1.165) is 17.7 Å². The Labute approximate surface area is 133 Å². The van der Waals surface area contributed by atoms with E-state index >= 15 is 0 Å². The molecular formula is C17H15ClN2O2. The van der Waals surface area contributed by atoms with Crippen molar-refractivity contribution in [2.75, 3.05) is 7.11 Å². The maximum absolute atomic E-state index is 6.14. The molecule has 0 saturated heterocycles. The van der Waals surface area contributed by atoms with Crippen molar-refractivity contribution in [3.63, 3.8) is 0 Å². The third-order valence-electron chi connectivity index (χ3n) is 3.37. The van der Waals surface area contributed by atoms with E-state index < -0.39 is 0 Å². The zero-order valence-electron chi connectivity index (χ0n) is 12.1. The largest absolute Gasteiger partial charge is 0.497 e. The highest BCUT2D eigenvalue weighted by Crippen LogP contribution is 2.25. The lowest BCUT2D eigenvalue weighted by Crippen LogP contribution is -1.92. The number of hydrogen-bond acceptors (Lipinski definition) is 4. The van der Waals surface area contributed by atoms with Crippen LogP contribution in [0.3, 0.4) is 0 Å². The summed E-state index contributed by atoms with van der Waals surface area (Å²) in [7, 11) is 1.66. The van der Waals surface area contributed by atoms with E-state index in [4.69, 9.17) is 20.9 Å². The molecule has 4 nitrogen and oxygen atoms in total. The van der Waals surface area contributed by atoms with E-state index in [1.807, 2.05) is 48.5 Å². The van der Waals surface area contributed by atoms with Gasteiger partial charge in [-0.05, 0) is 36.2 Å². The summed E-state index contributed by atoms with van der Waals surface area (Å²) in [6, 6.07) is 15.4. The molecule has 0 N–H and O–H groups in total. The normalized spacial score (nSPS) is 10.6. The van der Waals surface area contributed by atoms with Gasteiger partial charge in [0.15, 0.2) is 0 Å². The molecule has 0 radical (unpaired) electrons. The fourth-order valence-electron chi connectivity index (χ4n) is 2.15. The average Bonchev–Trinajstić information content (AvgIpc) is 3.02. The van der Waals surface area contributed by atoms with E-state index in [-0.39, 0.29) is 0 Å². The molecule has 1 aromatic heterocycles. The van der Waals surface area contributed by atoms with Crippen LogP contribution >= 0.6 is 11.6 Å². The molecule has 0 aliphatic heterocycles. The Kier molecular flexibility index (Phi) is 4.39. The van der Waals surface area contributed by atoms with Crippen LogP contribution in [0.4, 0.5) is 0 Å². The molecule has 1 heterocycles. The number of halogens is 1. The van der Waals surface area contributed by atoms with Gasteiger partial charge < -0.3 is 9.26 Å². The fraction of sp³-hybridized carbons (Fsp3) is 0.176. The Hall–Kier alpha value is -2.33. The number of hydrogen-bond donors (Lipinski definition) is 0. The lowest BCUT2D eigenvalue weighted by Gasteiger charge is -2.01. The first-order chi connectivity index (χ1) is 10.8. The number of nitrogens with zero attached hydrogens (tertiary/aromatic N) is 2. The molecule has 0 bridgehead atoms. The van der Waals surface area contributed by atoms with E-state index in [0.29, 0.717) is 23.2 Å². The van der Waals surface area contributed by atoms with Gasteiger partial charge in [0.2, 0.25) is 11.7 Å². The molecule has 112 valence electrons. The number of rotatable bonds is 5. The first-order valence-electron chi connectivity index (χ1n) is 6.96. The van der Waals surface area contributed by atoms with Crippen molar-refractivity contribution in [2.24, 2.45) is 0 Å². The predicted molar refractivity (Wildman–Crippen MR) is 85.1 cm³/mol. The van der Waals surface area contributed by atoms with Gasteiger partial charge in [0.25, 0.3) is 0 Å². The number of aryl methyl sites for hydroxylation is 2. The lowest BCUT2D eigenvalue weighted by atomic mass is 10.1. The molecule has 0 spiro atoms. The minimum Gasteiger partial charge on any atom is -0.497 e. The SMILES string of the molecule is COc1ccc(CCc2nc(-c3ccccc3Cl)no2)cc1. The van der Waals surface area contributed by atoms with Gasteiger partial charge in [-0.2, -0.15) is 4.98 Å². The molecule has 0 atom stereocenters. The Balaban J connectivity index is 1.68. The second-order valence-corrected chi connectivity index (χ2v) is 5.25. The monoisotopic (exact) mass is 314 g/mol. The highest BCUT2D eigenvalue weighted by molar-refractivity contribution is 6.33. The molecule has 0 amide bonds. The molecule has 2 aromatic carbocycles. The molecular weight excluding hydrogens is 300 g/mol. The zero-order chi connectivity index (χ0) is 15.4.